The number of amides is 1. The minimum Gasteiger partial charge on any atom is -0.872 e. The van der Waals surface area contributed by atoms with Crippen LogP contribution in [0.1, 0.15) is 76.7 Å². The first-order chi connectivity index (χ1) is 17.6. The maximum Gasteiger partial charge on any atom is 0.355 e. The molecule has 1 aliphatic heterocycles. The molecule has 1 unspecified atom stereocenters. The number of nitrogens with one attached hydrogen (secondary N) is 2. The van der Waals surface area contributed by atoms with Crippen molar-refractivity contribution in [3.8, 4) is 0 Å². The lowest BCUT2D eigenvalue weighted by molar-refractivity contribution is -0.378. The molecule has 3 aromatic rings. The third kappa shape index (κ3) is 4.79. The Hall–Kier alpha value is -4.20. The molecule has 0 bridgehead atoms. The molecule has 1 aromatic carbocycles. The number of aromatic nitrogens is 2. The van der Waals surface area contributed by atoms with Crippen LogP contribution in [0, 0.1) is 13.8 Å². The van der Waals surface area contributed by atoms with Gasteiger partial charge in [0.2, 0.25) is 5.78 Å². The molecule has 0 spiro atoms. The maximum absolute atomic E-state index is 14.0. The Labute approximate surface area is 216 Å². The summed E-state index contributed by atoms with van der Waals surface area (Å²) in [5.41, 5.74) is 3.63. The van der Waals surface area contributed by atoms with Crippen molar-refractivity contribution in [1.29, 1.82) is 0 Å². The Balaban J connectivity index is 1.89. The first kappa shape index (κ1) is 25.9. The summed E-state index contributed by atoms with van der Waals surface area (Å²) in [5.74, 6) is -2.42. The number of ether oxygens (including phenoxy) is 1. The van der Waals surface area contributed by atoms with Crippen LogP contribution in [-0.2, 0) is 20.9 Å². The van der Waals surface area contributed by atoms with Gasteiger partial charge in [-0.15, -0.1) is 0 Å². The number of carbonyl (C=O) groups is 3. The van der Waals surface area contributed by atoms with E-state index >= 15 is 0 Å². The fourth-order valence-corrected chi connectivity index (χ4v) is 4.80. The van der Waals surface area contributed by atoms with Crippen molar-refractivity contribution in [3.05, 3.63) is 93.6 Å². The number of hydrogen-bond acceptors (Lipinski definition) is 5. The zero-order valence-corrected chi connectivity index (χ0v) is 21.7. The van der Waals surface area contributed by atoms with Crippen molar-refractivity contribution in [2.75, 3.05) is 6.61 Å². The highest BCUT2D eigenvalue weighted by atomic mass is 16.5. The molecule has 1 aliphatic rings. The molecule has 3 heterocycles. The van der Waals surface area contributed by atoms with Gasteiger partial charge in [-0.2, -0.15) is 0 Å². The van der Waals surface area contributed by atoms with Crippen molar-refractivity contribution in [3.63, 3.8) is 0 Å². The first-order valence-electron chi connectivity index (χ1n) is 12.3. The molecule has 0 saturated carbocycles. The second-order valence-electron chi connectivity index (χ2n) is 9.49. The van der Waals surface area contributed by atoms with E-state index in [9.17, 15) is 19.5 Å². The van der Waals surface area contributed by atoms with Crippen LogP contribution >= 0.6 is 0 Å². The number of carbonyl (C=O) groups excluding carboxylic acids is 3. The Kier molecular flexibility index (Phi) is 7.29. The smallest absolute Gasteiger partial charge is 0.355 e. The van der Waals surface area contributed by atoms with Gasteiger partial charge in [0.05, 0.1) is 19.2 Å². The standard InChI is InChI=1S/C29H31N3O5/c1-6-37-29(36)24-17(4)22(18(5)31-24)26(33)23-25(21-11-9-20(10-12-21)16(2)3)32(28(35)27(23)34)15-19-8-7-13-30-14-19/h7-14,16,25,31,33H,6,15H2,1-5H3/b26-23+. The highest BCUT2D eigenvalue weighted by Gasteiger charge is 2.44. The molecule has 1 fully saturated rings. The average Bonchev–Trinajstić information content (AvgIpc) is 3.32. The first-order valence-corrected chi connectivity index (χ1v) is 12.3. The molecule has 1 saturated heterocycles. The molecule has 0 aliphatic carbocycles. The van der Waals surface area contributed by atoms with Gasteiger partial charge in [0.15, 0.2) is 12.4 Å². The SMILES string of the molecule is CCOC(=O)c1[nH]c(C)c(/C([O-])=C2\C(=O)C(=O)N(Cc3ccc[nH+]c3)C2c2ccc(C(C)C)cc2)c1C. The number of hydrogen-bond donors (Lipinski definition) is 1. The van der Waals surface area contributed by atoms with E-state index in [1.807, 2.05) is 36.4 Å². The van der Waals surface area contributed by atoms with Gasteiger partial charge < -0.3 is 19.7 Å². The second-order valence-corrected chi connectivity index (χ2v) is 9.49. The van der Waals surface area contributed by atoms with Crippen molar-refractivity contribution in [2.45, 2.75) is 53.1 Å². The summed E-state index contributed by atoms with van der Waals surface area (Å²) in [7, 11) is 0. The van der Waals surface area contributed by atoms with E-state index in [4.69, 9.17) is 4.74 Å². The zero-order chi connectivity index (χ0) is 26.9. The summed E-state index contributed by atoms with van der Waals surface area (Å²) in [4.78, 5) is 46.5. The van der Waals surface area contributed by atoms with Crippen molar-refractivity contribution in [1.82, 2.24) is 9.88 Å². The van der Waals surface area contributed by atoms with E-state index in [1.165, 1.54) is 4.90 Å². The molecule has 37 heavy (non-hydrogen) atoms. The minimum absolute atomic E-state index is 0.122. The van der Waals surface area contributed by atoms with E-state index in [0.29, 0.717) is 22.7 Å². The number of aromatic amines is 2. The monoisotopic (exact) mass is 501 g/mol. The quantitative estimate of drug-likeness (QED) is 0.231. The summed E-state index contributed by atoms with van der Waals surface area (Å²) in [6.07, 6.45) is 3.50. The number of likely N-dealkylation sites (tertiary alicyclic amines) is 1. The van der Waals surface area contributed by atoms with Crippen LogP contribution in [0.15, 0.2) is 54.4 Å². The van der Waals surface area contributed by atoms with Crippen molar-refractivity contribution >= 4 is 23.4 Å². The van der Waals surface area contributed by atoms with Gasteiger partial charge in [0.1, 0.15) is 5.69 Å². The average molecular weight is 502 g/mol. The van der Waals surface area contributed by atoms with Gasteiger partial charge >= 0.3 is 5.97 Å². The summed E-state index contributed by atoms with van der Waals surface area (Å²) in [6, 6.07) is 10.4. The third-order valence-corrected chi connectivity index (χ3v) is 6.72. The van der Waals surface area contributed by atoms with E-state index in [2.05, 4.69) is 23.8 Å². The fourth-order valence-electron chi connectivity index (χ4n) is 4.80. The number of rotatable bonds is 7. The second kappa shape index (κ2) is 10.4. The van der Waals surface area contributed by atoms with Gasteiger partial charge in [0.25, 0.3) is 5.91 Å². The molecule has 2 aromatic heterocycles. The van der Waals surface area contributed by atoms with Gasteiger partial charge in [-0.05, 0) is 55.0 Å². The molecular formula is C29H31N3O5. The number of esters is 1. The van der Waals surface area contributed by atoms with Crippen LogP contribution in [0.3, 0.4) is 0 Å². The number of Topliss-reactive ketones (excluding diaryl/α,β-unsaturated/α-hetero) is 1. The summed E-state index contributed by atoms with van der Waals surface area (Å²) in [6.45, 7) is 9.48. The van der Waals surface area contributed by atoms with Crippen LogP contribution in [0.2, 0.25) is 0 Å². The maximum atomic E-state index is 14.0. The number of ketones is 1. The van der Waals surface area contributed by atoms with Crippen LogP contribution < -0.4 is 10.1 Å². The lowest BCUT2D eigenvalue weighted by Crippen LogP contribution is -2.29. The zero-order valence-electron chi connectivity index (χ0n) is 21.7. The largest absolute Gasteiger partial charge is 0.872 e. The Morgan fingerprint density at radius 2 is 1.86 bits per heavy atom. The molecule has 4 rings (SSSR count). The molecular weight excluding hydrogens is 470 g/mol. The van der Waals surface area contributed by atoms with Gasteiger partial charge in [-0.1, -0.05) is 43.9 Å². The van der Waals surface area contributed by atoms with Crippen LogP contribution in [-0.4, -0.2) is 34.2 Å². The Morgan fingerprint density at radius 1 is 1.16 bits per heavy atom. The predicted molar refractivity (Wildman–Crippen MR) is 135 cm³/mol. The van der Waals surface area contributed by atoms with Crippen LogP contribution in [0.4, 0.5) is 0 Å². The molecule has 1 amide bonds. The van der Waals surface area contributed by atoms with E-state index < -0.39 is 29.5 Å². The molecule has 8 nitrogen and oxygen atoms in total. The number of pyridine rings is 1. The molecule has 192 valence electrons. The highest BCUT2D eigenvalue weighted by Crippen LogP contribution is 2.41. The normalized spacial score (nSPS) is 17.0. The third-order valence-electron chi connectivity index (χ3n) is 6.72. The summed E-state index contributed by atoms with van der Waals surface area (Å²) in [5, 5.41) is 14.0. The number of benzene rings is 1. The van der Waals surface area contributed by atoms with Gasteiger partial charge in [-0.25, -0.2) is 9.78 Å². The number of aryl methyl sites for hydroxylation is 1. The lowest BCUT2D eigenvalue weighted by atomic mass is 9.92. The van der Waals surface area contributed by atoms with E-state index in [1.54, 1.807) is 33.2 Å². The minimum atomic E-state index is -0.867. The highest BCUT2D eigenvalue weighted by molar-refractivity contribution is 6.46. The van der Waals surface area contributed by atoms with Gasteiger partial charge in [-0.3, -0.25) is 9.59 Å². The van der Waals surface area contributed by atoms with Gasteiger partial charge in [0, 0.05) is 22.9 Å². The lowest BCUT2D eigenvalue weighted by Gasteiger charge is -2.28. The van der Waals surface area contributed by atoms with E-state index in [0.717, 1.165) is 11.1 Å². The predicted octanol–water partition coefficient (Wildman–Crippen LogP) is 3.17. The molecule has 2 N–H and O–H groups in total. The molecule has 0 radical (unpaired) electrons. The Bertz CT molecular complexity index is 1370. The Morgan fingerprint density at radius 3 is 2.46 bits per heavy atom. The summed E-state index contributed by atoms with van der Waals surface area (Å²) < 4.78 is 5.10. The topological polar surface area (TPSA) is 117 Å². The summed E-state index contributed by atoms with van der Waals surface area (Å²) >= 11 is 0. The van der Waals surface area contributed by atoms with Crippen molar-refractivity contribution in [2.24, 2.45) is 0 Å². The van der Waals surface area contributed by atoms with Crippen molar-refractivity contribution < 1.29 is 29.2 Å². The van der Waals surface area contributed by atoms with Crippen LogP contribution in [0.25, 0.3) is 5.76 Å². The van der Waals surface area contributed by atoms with E-state index in [-0.39, 0.29) is 30.0 Å². The molecule has 8 heteroatoms. The van der Waals surface area contributed by atoms with Crippen LogP contribution in [0.5, 0.6) is 0 Å². The number of nitrogens with zero attached hydrogens (tertiary/aromatic N) is 1. The molecule has 1 atom stereocenters. The number of H-pyrrole nitrogens is 2. The fraction of sp³-hybridized carbons (Fsp3) is 0.310.